The molecule has 4 aromatic rings. The lowest BCUT2D eigenvalue weighted by molar-refractivity contribution is 0.414. The van der Waals surface area contributed by atoms with E-state index in [0.29, 0.717) is 0 Å². The predicted molar refractivity (Wildman–Crippen MR) is 116 cm³/mol. The van der Waals surface area contributed by atoms with E-state index in [2.05, 4.69) is 56.6 Å². The lowest BCUT2D eigenvalue weighted by Crippen LogP contribution is -2.30. The van der Waals surface area contributed by atoms with E-state index in [-0.39, 0.29) is 5.41 Å². The quantitative estimate of drug-likeness (QED) is 0.523. The second-order valence-electron chi connectivity index (χ2n) is 7.34. The number of fused-ring (bicyclic) bond motifs is 1. The Kier molecular flexibility index (Phi) is 4.39. The number of ether oxygens (including phenoxy) is 2. The Labute approximate surface area is 174 Å². The van der Waals surface area contributed by atoms with Crippen molar-refractivity contribution in [3.8, 4) is 23.0 Å². The highest BCUT2D eigenvalue weighted by Crippen LogP contribution is 2.43. The van der Waals surface area contributed by atoms with Gasteiger partial charge in [-0.25, -0.2) is 4.98 Å². The average Bonchev–Trinajstić information content (AvgIpc) is 3.48. The number of aromatic nitrogens is 4. The van der Waals surface area contributed by atoms with Crippen molar-refractivity contribution in [2.75, 3.05) is 14.2 Å². The molecule has 6 nitrogen and oxygen atoms in total. The maximum absolute atomic E-state index is 5.37. The van der Waals surface area contributed by atoms with Crippen molar-refractivity contribution in [3.63, 3.8) is 0 Å². The van der Waals surface area contributed by atoms with E-state index in [1.807, 2.05) is 30.5 Å². The van der Waals surface area contributed by atoms with Crippen LogP contribution < -0.4 is 9.47 Å². The number of hydrogen-bond acceptors (Lipinski definition) is 4. The van der Waals surface area contributed by atoms with Gasteiger partial charge in [-0.15, -0.1) is 0 Å². The molecular formula is C24H22N4O2. The Morgan fingerprint density at radius 1 is 0.900 bits per heavy atom. The summed E-state index contributed by atoms with van der Waals surface area (Å²) in [6, 6.07) is 16.5. The van der Waals surface area contributed by atoms with E-state index in [4.69, 9.17) is 9.47 Å². The molecule has 0 spiro atoms. The predicted octanol–water partition coefficient (Wildman–Crippen LogP) is 4.37. The zero-order valence-corrected chi connectivity index (χ0v) is 16.8. The van der Waals surface area contributed by atoms with Crippen LogP contribution in [0.3, 0.4) is 0 Å². The van der Waals surface area contributed by atoms with Crippen LogP contribution in [0.25, 0.3) is 17.6 Å². The summed E-state index contributed by atoms with van der Waals surface area (Å²) < 4.78 is 10.7. The summed E-state index contributed by atoms with van der Waals surface area (Å²) in [7, 11) is 3.36. The Bertz CT molecular complexity index is 1130. The first-order chi connectivity index (χ1) is 14.7. The Balaban J connectivity index is 1.63. The monoisotopic (exact) mass is 398 g/mol. The van der Waals surface area contributed by atoms with Crippen LogP contribution in [-0.4, -0.2) is 34.4 Å². The molecule has 0 saturated heterocycles. The number of rotatable bonds is 5. The summed E-state index contributed by atoms with van der Waals surface area (Å²) in [5, 5.41) is 7.78. The average molecular weight is 398 g/mol. The first-order valence-electron chi connectivity index (χ1n) is 9.79. The van der Waals surface area contributed by atoms with Crippen molar-refractivity contribution >= 4 is 6.08 Å². The largest absolute Gasteiger partial charge is 0.497 e. The molecule has 30 heavy (non-hydrogen) atoms. The van der Waals surface area contributed by atoms with E-state index < -0.39 is 0 Å². The van der Waals surface area contributed by atoms with Crippen LogP contribution in [-0.2, 0) is 11.8 Å². The van der Waals surface area contributed by atoms with Gasteiger partial charge in [0.1, 0.15) is 17.2 Å². The number of H-pyrrole nitrogens is 2. The van der Waals surface area contributed by atoms with Gasteiger partial charge in [0, 0.05) is 35.5 Å². The summed E-state index contributed by atoms with van der Waals surface area (Å²) in [6.45, 7) is 0. The standard InChI is InChI=1S/C24H22N4O2/c1-29-18-7-3-16(4-8-18)24(17-5-9-19(30-2)10-6-17)12-11-20-21(15-24)27-28-22(20)23-25-13-14-26-23/h3-14H,15H2,1-2H3,(H,25,26)(H,27,28). The van der Waals surface area contributed by atoms with Crippen molar-refractivity contribution in [2.24, 2.45) is 0 Å². The third-order valence-corrected chi connectivity index (χ3v) is 5.81. The van der Waals surface area contributed by atoms with E-state index in [0.717, 1.165) is 40.7 Å². The van der Waals surface area contributed by atoms with Gasteiger partial charge in [-0.1, -0.05) is 36.4 Å². The Morgan fingerprint density at radius 2 is 1.53 bits per heavy atom. The van der Waals surface area contributed by atoms with Crippen LogP contribution in [0.15, 0.2) is 67.0 Å². The fourth-order valence-corrected chi connectivity index (χ4v) is 4.18. The van der Waals surface area contributed by atoms with Crippen LogP contribution in [0, 0.1) is 0 Å². The van der Waals surface area contributed by atoms with Gasteiger partial charge >= 0.3 is 0 Å². The van der Waals surface area contributed by atoms with Gasteiger partial charge in [-0.3, -0.25) is 5.10 Å². The molecule has 150 valence electrons. The molecule has 2 aromatic heterocycles. The SMILES string of the molecule is COc1ccc(C2(c3ccc(OC)cc3)C=Cc3c(-c4ncc[nH]4)n[nH]c3C2)cc1. The molecule has 2 aromatic carbocycles. The molecule has 2 N–H and O–H groups in total. The van der Waals surface area contributed by atoms with E-state index >= 15 is 0 Å². The van der Waals surface area contributed by atoms with Crippen LogP contribution in [0.5, 0.6) is 11.5 Å². The maximum Gasteiger partial charge on any atom is 0.158 e. The maximum atomic E-state index is 5.37. The van der Waals surface area contributed by atoms with Crippen LogP contribution in [0.2, 0.25) is 0 Å². The third kappa shape index (κ3) is 2.88. The van der Waals surface area contributed by atoms with Crippen molar-refractivity contribution in [1.29, 1.82) is 0 Å². The number of nitrogens with one attached hydrogen (secondary N) is 2. The van der Waals surface area contributed by atoms with Gasteiger partial charge in [0.05, 0.1) is 14.2 Å². The second kappa shape index (κ2) is 7.22. The highest BCUT2D eigenvalue weighted by atomic mass is 16.5. The Hall–Kier alpha value is -3.80. The third-order valence-electron chi connectivity index (χ3n) is 5.81. The molecule has 1 aliphatic rings. The highest BCUT2D eigenvalue weighted by Gasteiger charge is 2.37. The van der Waals surface area contributed by atoms with Gasteiger partial charge in [-0.2, -0.15) is 5.10 Å². The minimum absolute atomic E-state index is 0.335. The van der Waals surface area contributed by atoms with E-state index in [1.54, 1.807) is 20.4 Å². The lowest BCUT2D eigenvalue weighted by atomic mass is 9.68. The topological polar surface area (TPSA) is 75.8 Å². The zero-order chi connectivity index (χ0) is 20.6. The summed E-state index contributed by atoms with van der Waals surface area (Å²) in [6.07, 6.45) is 8.71. The number of hydrogen-bond donors (Lipinski definition) is 2. The molecule has 5 rings (SSSR count). The van der Waals surface area contributed by atoms with E-state index in [9.17, 15) is 0 Å². The number of nitrogens with zero attached hydrogens (tertiary/aromatic N) is 2. The van der Waals surface area contributed by atoms with Gasteiger partial charge in [0.2, 0.25) is 0 Å². The molecule has 0 saturated carbocycles. The first kappa shape index (κ1) is 18.2. The molecular weight excluding hydrogens is 376 g/mol. The van der Waals surface area contributed by atoms with Crippen LogP contribution >= 0.6 is 0 Å². The Morgan fingerprint density at radius 3 is 2.07 bits per heavy atom. The number of methoxy groups -OCH3 is 2. The normalized spacial score (nSPS) is 14.3. The van der Waals surface area contributed by atoms with Gasteiger partial charge in [0.25, 0.3) is 0 Å². The molecule has 6 heteroatoms. The number of aromatic amines is 2. The van der Waals surface area contributed by atoms with Gasteiger partial charge in [-0.05, 0) is 35.4 Å². The van der Waals surface area contributed by atoms with Crippen molar-refractivity contribution < 1.29 is 9.47 Å². The summed E-state index contributed by atoms with van der Waals surface area (Å²) in [5.41, 5.74) is 5.02. The van der Waals surface area contributed by atoms with E-state index in [1.165, 1.54) is 11.1 Å². The number of allylic oxidation sites excluding steroid dienone is 1. The summed E-state index contributed by atoms with van der Waals surface area (Å²) in [5.74, 6) is 2.44. The van der Waals surface area contributed by atoms with Crippen molar-refractivity contribution in [1.82, 2.24) is 20.2 Å². The summed E-state index contributed by atoms with van der Waals surface area (Å²) in [4.78, 5) is 7.50. The highest BCUT2D eigenvalue weighted by molar-refractivity contribution is 5.73. The molecule has 0 amide bonds. The lowest BCUT2D eigenvalue weighted by Gasteiger charge is -2.34. The van der Waals surface area contributed by atoms with Crippen LogP contribution in [0.4, 0.5) is 0 Å². The number of imidazole rings is 1. The zero-order valence-electron chi connectivity index (χ0n) is 16.8. The summed E-state index contributed by atoms with van der Waals surface area (Å²) >= 11 is 0. The van der Waals surface area contributed by atoms with Crippen LogP contribution in [0.1, 0.15) is 22.4 Å². The first-order valence-corrected chi connectivity index (χ1v) is 9.79. The smallest absolute Gasteiger partial charge is 0.158 e. The number of benzene rings is 2. The second-order valence-corrected chi connectivity index (χ2v) is 7.34. The van der Waals surface area contributed by atoms with Crippen molar-refractivity contribution in [2.45, 2.75) is 11.8 Å². The molecule has 0 fully saturated rings. The minimum Gasteiger partial charge on any atom is -0.497 e. The fraction of sp³-hybridized carbons (Fsp3) is 0.167. The molecule has 0 bridgehead atoms. The fourth-order valence-electron chi connectivity index (χ4n) is 4.18. The minimum atomic E-state index is -0.335. The van der Waals surface area contributed by atoms with Gasteiger partial charge in [0.15, 0.2) is 5.82 Å². The molecule has 1 aliphatic carbocycles. The van der Waals surface area contributed by atoms with Crippen molar-refractivity contribution in [3.05, 3.63) is 89.4 Å². The van der Waals surface area contributed by atoms with Gasteiger partial charge < -0.3 is 14.5 Å². The molecule has 2 heterocycles. The molecule has 0 radical (unpaired) electrons. The molecule has 0 atom stereocenters. The molecule has 0 aliphatic heterocycles. The molecule has 0 unspecified atom stereocenters.